The number of hydrogen-bond donors (Lipinski definition) is 2. The standard InChI is InChI=1S/C13H24N2O3/c1-7-8-15(12(2,3)4)11(18)14-9-13(5,6)10(16)17/h7H,1,8-9H2,2-6H3,(H,14,18)(H,16,17). The summed E-state index contributed by atoms with van der Waals surface area (Å²) in [5.74, 6) is -0.936. The van der Waals surface area contributed by atoms with Gasteiger partial charge in [0.15, 0.2) is 0 Å². The minimum atomic E-state index is -0.979. The Kier molecular flexibility index (Phi) is 5.39. The van der Waals surface area contributed by atoms with Crippen molar-refractivity contribution in [2.24, 2.45) is 5.41 Å². The predicted molar refractivity (Wildman–Crippen MR) is 71.5 cm³/mol. The van der Waals surface area contributed by atoms with Crippen molar-refractivity contribution in [1.29, 1.82) is 0 Å². The van der Waals surface area contributed by atoms with Crippen molar-refractivity contribution in [3.8, 4) is 0 Å². The van der Waals surface area contributed by atoms with Gasteiger partial charge in [0.25, 0.3) is 0 Å². The van der Waals surface area contributed by atoms with Gasteiger partial charge in [-0.2, -0.15) is 0 Å². The largest absolute Gasteiger partial charge is 0.481 e. The number of hydrogen-bond acceptors (Lipinski definition) is 2. The van der Waals surface area contributed by atoms with Crippen molar-refractivity contribution in [3.05, 3.63) is 12.7 Å². The van der Waals surface area contributed by atoms with Gasteiger partial charge in [-0.3, -0.25) is 4.79 Å². The third-order valence-corrected chi connectivity index (χ3v) is 2.63. The molecular weight excluding hydrogens is 232 g/mol. The highest BCUT2D eigenvalue weighted by atomic mass is 16.4. The molecule has 0 rings (SSSR count). The van der Waals surface area contributed by atoms with E-state index in [2.05, 4.69) is 11.9 Å². The Balaban J connectivity index is 4.64. The van der Waals surface area contributed by atoms with Crippen LogP contribution in [0.3, 0.4) is 0 Å². The summed E-state index contributed by atoms with van der Waals surface area (Å²) < 4.78 is 0. The zero-order valence-corrected chi connectivity index (χ0v) is 11.9. The number of carboxylic acids is 1. The molecule has 0 aliphatic carbocycles. The van der Waals surface area contributed by atoms with E-state index in [9.17, 15) is 9.59 Å². The highest BCUT2D eigenvalue weighted by molar-refractivity contribution is 5.78. The molecule has 5 nitrogen and oxygen atoms in total. The van der Waals surface area contributed by atoms with Crippen molar-refractivity contribution >= 4 is 12.0 Å². The van der Waals surface area contributed by atoms with E-state index < -0.39 is 11.4 Å². The fraction of sp³-hybridized carbons (Fsp3) is 0.692. The van der Waals surface area contributed by atoms with Crippen molar-refractivity contribution in [2.75, 3.05) is 13.1 Å². The van der Waals surface area contributed by atoms with E-state index >= 15 is 0 Å². The quantitative estimate of drug-likeness (QED) is 0.740. The Hall–Kier alpha value is -1.52. The maximum absolute atomic E-state index is 12.0. The van der Waals surface area contributed by atoms with E-state index in [1.807, 2.05) is 20.8 Å². The Morgan fingerprint density at radius 3 is 2.11 bits per heavy atom. The maximum Gasteiger partial charge on any atom is 0.318 e. The number of rotatable bonds is 5. The van der Waals surface area contributed by atoms with Crippen molar-refractivity contribution in [1.82, 2.24) is 10.2 Å². The second-order valence-electron chi connectivity index (χ2n) is 5.92. The Morgan fingerprint density at radius 2 is 1.78 bits per heavy atom. The Morgan fingerprint density at radius 1 is 1.28 bits per heavy atom. The van der Waals surface area contributed by atoms with Crippen molar-refractivity contribution in [2.45, 2.75) is 40.2 Å². The van der Waals surface area contributed by atoms with Crippen LogP contribution < -0.4 is 5.32 Å². The second kappa shape index (κ2) is 5.89. The molecule has 0 aliphatic heterocycles. The van der Waals surface area contributed by atoms with Crippen LogP contribution in [0.2, 0.25) is 0 Å². The molecule has 2 N–H and O–H groups in total. The van der Waals surface area contributed by atoms with Crippen molar-refractivity contribution in [3.63, 3.8) is 0 Å². The average Bonchev–Trinajstić information content (AvgIpc) is 2.20. The Labute approximate surface area is 109 Å². The molecule has 0 saturated heterocycles. The molecule has 18 heavy (non-hydrogen) atoms. The summed E-state index contributed by atoms with van der Waals surface area (Å²) in [4.78, 5) is 24.6. The summed E-state index contributed by atoms with van der Waals surface area (Å²) in [7, 11) is 0. The predicted octanol–water partition coefficient (Wildman–Crippen LogP) is 2.09. The number of amides is 2. The van der Waals surface area contributed by atoms with Gasteiger partial charge in [0.2, 0.25) is 0 Å². The van der Waals surface area contributed by atoms with Crippen LogP contribution in [-0.2, 0) is 4.79 Å². The third-order valence-electron chi connectivity index (χ3n) is 2.63. The van der Waals surface area contributed by atoms with E-state index in [0.717, 1.165) is 0 Å². The molecule has 0 unspecified atom stereocenters. The third kappa shape index (κ3) is 4.77. The first kappa shape index (κ1) is 16.5. The summed E-state index contributed by atoms with van der Waals surface area (Å²) in [6, 6.07) is -0.281. The molecule has 0 bridgehead atoms. The summed E-state index contributed by atoms with van der Waals surface area (Å²) >= 11 is 0. The first-order valence-electron chi connectivity index (χ1n) is 5.92. The van der Waals surface area contributed by atoms with Gasteiger partial charge in [0.1, 0.15) is 0 Å². The van der Waals surface area contributed by atoms with Crippen LogP contribution in [0.4, 0.5) is 4.79 Å². The number of carbonyl (C=O) groups excluding carboxylic acids is 1. The summed E-state index contributed by atoms with van der Waals surface area (Å²) in [5.41, 5.74) is -1.32. The Bertz CT molecular complexity index is 330. The lowest BCUT2D eigenvalue weighted by Crippen LogP contribution is -2.52. The summed E-state index contributed by atoms with van der Waals surface area (Å²) in [5, 5.41) is 11.6. The lowest BCUT2D eigenvalue weighted by Gasteiger charge is -2.35. The number of aliphatic carboxylic acids is 1. The van der Waals surface area contributed by atoms with Crippen LogP contribution >= 0.6 is 0 Å². The fourth-order valence-electron chi connectivity index (χ4n) is 1.26. The van der Waals surface area contributed by atoms with Gasteiger partial charge in [-0.25, -0.2) is 4.79 Å². The number of nitrogens with one attached hydrogen (secondary N) is 1. The highest BCUT2D eigenvalue weighted by Crippen LogP contribution is 2.16. The lowest BCUT2D eigenvalue weighted by atomic mass is 9.94. The number of carboxylic acid groups (broad SMARTS) is 1. The van der Waals surface area contributed by atoms with E-state index in [1.165, 1.54) is 0 Å². The zero-order chi connectivity index (χ0) is 14.6. The van der Waals surface area contributed by atoms with Crippen LogP contribution in [0.25, 0.3) is 0 Å². The molecule has 0 spiro atoms. The van der Waals surface area contributed by atoms with Crippen LogP contribution in [0.15, 0.2) is 12.7 Å². The lowest BCUT2D eigenvalue weighted by molar-refractivity contribution is -0.146. The molecule has 0 aromatic rings. The number of carbonyl (C=O) groups is 2. The van der Waals surface area contributed by atoms with Gasteiger partial charge in [-0.15, -0.1) is 6.58 Å². The fourth-order valence-corrected chi connectivity index (χ4v) is 1.26. The molecule has 104 valence electrons. The van der Waals surface area contributed by atoms with Crippen molar-refractivity contribution < 1.29 is 14.7 Å². The van der Waals surface area contributed by atoms with Gasteiger partial charge < -0.3 is 15.3 Å². The summed E-state index contributed by atoms with van der Waals surface area (Å²) in [6.07, 6.45) is 1.65. The first-order valence-corrected chi connectivity index (χ1v) is 5.92. The molecule has 0 radical (unpaired) electrons. The average molecular weight is 256 g/mol. The zero-order valence-electron chi connectivity index (χ0n) is 11.9. The molecule has 0 aliphatic rings. The van der Waals surface area contributed by atoms with E-state index in [-0.39, 0.29) is 18.1 Å². The minimum Gasteiger partial charge on any atom is -0.481 e. The normalized spacial score (nSPS) is 11.8. The minimum absolute atomic E-state index is 0.0882. The van der Waals surface area contributed by atoms with E-state index in [4.69, 9.17) is 5.11 Å². The molecule has 0 fully saturated rings. The molecule has 0 aromatic carbocycles. The first-order chi connectivity index (χ1) is 8.02. The van der Waals surface area contributed by atoms with E-state index in [0.29, 0.717) is 6.54 Å². The van der Waals surface area contributed by atoms with Gasteiger partial charge in [-0.1, -0.05) is 6.08 Å². The van der Waals surface area contributed by atoms with Gasteiger partial charge in [-0.05, 0) is 34.6 Å². The van der Waals surface area contributed by atoms with Crippen LogP contribution in [0.1, 0.15) is 34.6 Å². The SMILES string of the molecule is C=CCN(C(=O)NCC(C)(C)C(=O)O)C(C)(C)C. The molecular formula is C13H24N2O3. The molecule has 0 heterocycles. The number of urea groups is 1. The van der Waals surface area contributed by atoms with Crippen LogP contribution in [0, 0.1) is 5.41 Å². The smallest absolute Gasteiger partial charge is 0.318 e. The van der Waals surface area contributed by atoms with Gasteiger partial charge in [0, 0.05) is 18.6 Å². The summed E-state index contributed by atoms with van der Waals surface area (Å²) in [6.45, 7) is 13.0. The molecule has 0 atom stereocenters. The second-order valence-corrected chi connectivity index (χ2v) is 5.92. The topological polar surface area (TPSA) is 69.6 Å². The maximum atomic E-state index is 12.0. The van der Waals surface area contributed by atoms with E-state index in [1.54, 1.807) is 24.8 Å². The van der Waals surface area contributed by atoms with Crippen LogP contribution in [-0.4, -0.2) is 40.6 Å². The highest BCUT2D eigenvalue weighted by Gasteiger charge is 2.30. The van der Waals surface area contributed by atoms with Gasteiger partial charge in [0.05, 0.1) is 5.41 Å². The molecule has 5 heteroatoms. The molecule has 2 amide bonds. The molecule has 0 aromatic heterocycles. The van der Waals surface area contributed by atoms with Crippen LogP contribution in [0.5, 0.6) is 0 Å². The number of nitrogens with zero attached hydrogens (tertiary/aromatic N) is 1. The monoisotopic (exact) mass is 256 g/mol. The van der Waals surface area contributed by atoms with Gasteiger partial charge >= 0.3 is 12.0 Å². The molecule has 0 saturated carbocycles.